The number of nitrogens with zero attached hydrogens (tertiary/aromatic N) is 1. The Labute approximate surface area is 180 Å². The molecule has 3 aromatic rings. The molecule has 162 valence electrons. The van der Waals surface area contributed by atoms with Gasteiger partial charge in [0.15, 0.2) is 6.17 Å². The maximum absolute atomic E-state index is 16.2. The van der Waals surface area contributed by atoms with Gasteiger partial charge in [0.2, 0.25) is 0 Å². The number of aromatic nitrogens is 1. The van der Waals surface area contributed by atoms with Gasteiger partial charge in [-0.3, -0.25) is 4.98 Å². The van der Waals surface area contributed by atoms with Gasteiger partial charge in [0.1, 0.15) is 11.6 Å². The normalized spacial score (nSPS) is 17.0. The minimum absolute atomic E-state index is 0.0710. The SMILES string of the molecule is Cc1cc(C(F)c2c(C(C)C)nc3c(c2-c2ccc(F)cc2)C(O)CCC3)ccc1F. The molecule has 31 heavy (non-hydrogen) atoms. The number of aliphatic hydroxyl groups is 1. The van der Waals surface area contributed by atoms with Crippen LogP contribution < -0.4 is 0 Å². The monoisotopic (exact) mass is 425 g/mol. The third-order valence-corrected chi connectivity index (χ3v) is 6.01. The minimum Gasteiger partial charge on any atom is -0.388 e. The molecule has 5 heteroatoms. The summed E-state index contributed by atoms with van der Waals surface area (Å²) < 4.78 is 43.7. The molecule has 2 unspecified atom stereocenters. The van der Waals surface area contributed by atoms with Crippen LogP contribution in [-0.4, -0.2) is 10.1 Å². The van der Waals surface area contributed by atoms with Gasteiger partial charge in [0, 0.05) is 16.8 Å². The lowest BCUT2D eigenvalue weighted by Gasteiger charge is -2.30. The molecular formula is C26H26F3NO. The van der Waals surface area contributed by atoms with Gasteiger partial charge in [0.05, 0.1) is 11.8 Å². The van der Waals surface area contributed by atoms with E-state index >= 15 is 4.39 Å². The van der Waals surface area contributed by atoms with Gasteiger partial charge in [-0.25, -0.2) is 13.2 Å². The highest BCUT2D eigenvalue weighted by Crippen LogP contribution is 2.45. The van der Waals surface area contributed by atoms with E-state index in [1.807, 2.05) is 13.8 Å². The lowest BCUT2D eigenvalue weighted by Crippen LogP contribution is -2.18. The molecule has 1 aromatic heterocycles. The zero-order valence-corrected chi connectivity index (χ0v) is 17.9. The van der Waals surface area contributed by atoms with Crippen molar-refractivity contribution in [2.75, 3.05) is 0 Å². The Morgan fingerprint density at radius 2 is 1.77 bits per heavy atom. The molecule has 0 saturated carbocycles. The first-order valence-corrected chi connectivity index (χ1v) is 10.7. The van der Waals surface area contributed by atoms with E-state index < -0.39 is 18.1 Å². The van der Waals surface area contributed by atoms with Gasteiger partial charge in [0.25, 0.3) is 0 Å². The number of pyridine rings is 1. The Hall–Kier alpha value is -2.66. The first-order valence-electron chi connectivity index (χ1n) is 10.7. The van der Waals surface area contributed by atoms with Gasteiger partial charge in [-0.1, -0.05) is 32.0 Å². The summed E-state index contributed by atoms with van der Waals surface area (Å²) in [7, 11) is 0. The van der Waals surface area contributed by atoms with E-state index in [-0.39, 0.29) is 11.7 Å². The van der Waals surface area contributed by atoms with E-state index in [0.717, 1.165) is 12.1 Å². The summed E-state index contributed by atoms with van der Waals surface area (Å²) in [4.78, 5) is 4.81. The van der Waals surface area contributed by atoms with E-state index in [0.29, 0.717) is 51.9 Å². The quantitative estimate of drug-likeness (QED) is 0.494. The van der Waals surface area contributed by atoms with Crippen LogP contribution in [0.4, 0.5) is 13.2 Å². The molecular weight excluding hydrogens is 399 g/mol. The molecule has 0 fully saturated rings. The predicted octanol–water partition coefficient (Wildman–Crippen LogP) is 6.89. The Balaban J connectivity index is 2.05. The number of halogens is 3. The summed E-state index contributed by atoms with van der Waals surface area (Å²) >= 11 is 0. The number of benzene rings is 2. The van der Waals surface area contributed by atoms with Crippen molar-refractivity contribution < 1.29 is 18.3 Å². The summed E-state index contributed by atoms with van der Waals surface area (Å²) in [5.74, 6) is -0.847. The number of rotatable bonds is 4. The fourth-order valence-corrected chi connectivity index (χ4v) is 4.46. The number of hydrogen-bond acceptors (Lipinski definition) is 2. The molecule has 1 aliphatic carbocycles. The number of aliphatic hydroxyl groups excluding tert-OH is 1. The first kappa shape index (κ1) is 21.6. The van der Waals surface area contributed by atoms with Crippen molar-refractivity contribution in [1.82, 2.24) is 4.98 Å². The molecule has 0 amide bonds. The van der Waals surface area contributed by atoms with Gasteiger partial charge < -0.3 is 5.11 Å². The van der Waals surface area contributed by atoms with Crippen LogP contribution in [0.5, 0.6) is 0 Å². The van der Waals surface area contributed by atoms with E-state index in [1.165, 1.54) is 30.3 Å². The Morgan fingerprint density at radius 1 is 1.06 bits per heavy atom. The summed E-state index contributed by atoms with van der Waals surface area (Å²) in [6.45, 7) is 5.51. The van der Waals surface area contributed by atoms with Crippen LogP contribution in [0, 0.1) is 18.6 Å². The molecule has 0 radical (unpaired) electrons. The first-order chi connectivity index (χ1) is 14.8. The van der Waals surface area contributed by atoms with Crippen LogP contribution >= 0.6 is 0 Å². The molecule has 0 bridgehead atoms. The van der Waals surface area contributed by atoms with Gasteiger partial charge >= 0.3 is 0 Å². The zero-order chi connectivity index (χ0) is 22.3. The van der Waals surface area contributed by atoms with Crippen molar-refractivity contribution in [2.45, 2.75) is 58.2 Å². The summed E-state index contributed by atoms with van der Waals surface area (Å²) in [5, 5.41) is 10.9. The van der Waals surface area contributed by atoms with Crippen LogP contribution in [0.15, 0.2) is 42.5 Å². The van der Waals surface area contributed by atoms with Crippen molar-refractivity contribution in [3.05, 3.63) is 87.7 Å². The number of alkyl halides is 1. The smallest absolute Gasteiger partial charge is 0.153 e. The van der Waals surface area contributed by atoms with Crippen molar-refractivity contribution in [2.24, 2.45) is 0 Å². The maximum Gasteiger partial charge on any atom is 0.153 e. The van der Waals surface area contributed by atoms with Gasteiger partial charge in [-0.15, -0.1) is 0 Å². The number of aryl methyl sites for hydroxylation is 2. The van der Waals surface area contributed by atoms with E-state index in [1.54, 1.807) is 19.1 Å². The Morgan fingerprint density at radius 3 is 2.42 bits per heavy atom. The molecule has 0 spiro atoms. The predicted molar refractivity (Wildman–Crippen MR) is 116 cm³/mol. The van der Waals surface area contributed by atoms with Crippen molar-refractivity contribution >= 4 is 0 Å². The second kappa shape index (κ2) is 8.46. The minimum atomic E-state index is -1.57. The van der Waals surface area contributed by atoms with Crippen molar-refractivity contribution in [3.8, 4) is 11.1 Å². The maximum atomic E-state index is 16.2. The van der Waals surface area contributed by atoms with Gasteiger partial charge in [-0.05, 0) is 78.6 Å². The molecule has 2 atom stereocenters. The Bertz CT molecular complexity index is 1110. The summed E-state index contributed by atoms with van der Waals surface area (Å²) in [6.07, 6.45) is -0.262. The summed E-state index contributed by atoms with van der Waals surface area (Å²) in [5.41, 5.74) is 4.28. The van der Waals surface area contributed by atoms with Crippen LogP contribution in [-0.2, 0) is 6.42 Å². The van der Waals surface area contributed by atoms with Crippen LogP contribution in [0.1, 0.15) is 78.5 Å². The van der Waals surface area contributed by atoms with E-state index in [4.69, 9.17) is 4.98 Å². The highest BCUT2D eigenvalue weighted by molar-refractivity contribution is 5.75. The molecule has 2 aromatic carbocycles. The average molecular weight is 425 g/mol. The van der Waals surface area contributed by atoms with Crippen molar-refractivity contribution in [1.29, 1.82) is 0 Å². The fraction of sp³-hybridized carbons (Fsp3) is 0.346. The molecule has 0 saturated heterocycles. The fourth-order valence-electron chi connectivity index (χ4n) is 4.46. The standard InChI is InChI=1S/C26H26F3NO/c1-14(2)26-24(25(29)17-9-12-19(28)15(3)13-17)22(16-7-10-18(27)11-8-16)23-20(30-26)5-4-6-21(23)31/h7-14,21,25,31H,4-6H2,1-3H3. The van der Waals surface area contributed by atoms with E-state index in [9.17, 15) is 13.9 Å². The molecule has 0 aliphatic heterocycles. The number of hydrogen-bond donors (Lipinski definition) is 1. The molecule has 2 nitrogen and oxygen atoms in total. The average Bonchev–Trinajstić information content (AvgIpc) is 2.74. The lowest BCUT2D eigenvalue weighted by molar-refractivity contribution is 0.155. The van der Waals surface area contributed by atoms with Crippen LogP contribution in [0.3, 0.4) is 0 Å². The molecule has 4 rings (SSSR count). The highest BCUT2D eigenvalue weighted by Gasteiger charge is 2.32. The largest absolute Gasteiger partial charge is 0.388 e. The van der Waals surface area contributed by atoms with Crippen LogP contribution in [0.2, 0.25) is 0 Å². The number of fused-ring (bicyclic) bond motifs is 1. The summed E-state index contributed by atoms with van der Waals surface area (Å²) in [6, 6.07) is 10.1. The topological polar surface area (TPSA) is 33.1 Å². The molecule has 1 N–H and O–H groups in total. The third-order valence-electron chi connectivity index (χ3n) is 6.01. The highest BCUT2D eigenvalue weighted by atomic mass is 19.1. The molecule has 1 heterocycles. The lowest BCUT2D eigenvalue weighted by atomic mass is 9.80. The van der Waals surface area contributed by atoms with Gasteiger partial charge in [-0.2, -0.15) is 0 Å². The third kappa shape index (κ3) is 3.99. The van der Waals surface area contributed by atoms with Crippen LogP contribution in [0.25, 0.3) is 11.1 Å². The second-order valence-corrected chi connectivity index (χ2v) is 8.59. The second-order valence-electron chi connectivity index (χ2n) is 8.59. The zero-order valence-electron chi connectivity index (χ0n) is 17.9. The molecule has 1 aliphatic rings. The van der Waals surface area contributed by atoms with E-state index in [2.05, 4.69) is 0 Å². The van der Waals surface area contributed by atoms with Crippen molar-refractivity contribution in [3.63, 3.8) is 0 Å². The Kier molecular flexibility index (Phi) is 5.89.